The zero-order chi connectivity index (χ0) is 10.1. The molecule has 6 heteroatoms. The summed E-state index contributed by atoms with van der Waals surface area (Å²) in [6.45, 7) is 0. The monoisotopic (exact) mass is 223 g/mol. The number of nitrogens with zero attached hydrogens (tertiary/aromatic N) is 1. The first-order chi connectivity index (χ1) is 5.91. The maximum Gasteiger partial charge on any atom is 1.00 e. The summed E-state index contributed by atoms with van der Waals surface area (Å²) in [4.78, 5) is 1.54. The Bertz CT molecular complexity index is 403. The molecule has 0 atom stereocenters. The summed E-state index contributed by atoms with van der Waals surface area (Å²) in [5.41, 5.74) is 0.692. The molecule has 0 saturated carbocycles. The van der Waals surface area contributed by atoms with Crippen molar-refractivity contribution < 1.29 is 42.5 Å². The molecule has 0 aliphatic heterocycles. The van der Waals surface area contributed by atoms with Crippen LogP contribution in [0.5, 0.6) is 0 Å². The summed E-state index contributed by atoms with van der Waals surface area (Å²) in [6, 6.07) is 5.91. The molecule has 14 heavy (non-hydrogen) atoms. The second-order valence-electron chi connectivity index (χ2n) is 2.85. The average Bonchev–Trinajstić information content (AvgIpc) is 2.03. The molecule has 1 aromatic carbocycles. The molecule has 0 fully saturated rings. The van der Waals surface area contributed by atoms with Crippen molar-refractivity contribution in [1.29, 1.82) is 0 Å². The Labute approximate surface area is 106 Å². The molecule has 1 rings (SSSR count). The van der Waals surface area contributed by atoms with Crippen LogP contribution in [0.25, 0.3) is 0 Å². The van der Waals surface area contributed by atoms with Gasteiger partial charge in [0, 0.05) is 19.8 Å². The molecule has 0 N–H and O–H groups in total. The molecule has 0 bridgehead atoms. The van der Waals surface area contributed by atoms with Crippen LogP contribution in [0.2, 0.25) is 0 Å². The van der Waals surface area contributed by atoms with Gasteiger partial charge >= 0.3 is 29.6 Å². The fourth-order valence-electron chi connectivity index (χ4n) is 0.917. The molecular formula is C8H10NNaO3S. The minimum Gasteiger partial charge on any atom is -0.744 e. The van der Waals surface area contributed by atoms with E-state index >= 15 is 0 Å². The van der Waals surface area contributed by atoms with Crippen molar-refractivity contribution in [3.8, 4) is 0 Å². The van der Waals surface area contributed by atoms with Crippen LogP contribution in [-0.4, -0.2) is 27.1 Å². The summed E-state index contributed by atoms with van der Waals surface area (Å²) in [7, 11) is -0.787. The van der Waals surface area contributed by atoms with Gasteiger partial charge in [-0.05, 0) is 18.2 Å². The van der Waals surface area contributed by atoms with Crippen molar-refractivity contribution in [3.05, 3.63) is 24.3 Å². The first-order valence-electron chi connectivity index (χ1n) is 3.64. The molecule has 0 aliphatic rings. The number of hydrogen-bond acceptors (Lipinski definition) is 4. The van der Waals surface area contributed by atoms with E-state index in [1.807, 2.05) is 0 Å². The SMILES string of the molecule is CN(C)c1cccc(S(=O)(=O)[O-])c1.[Na+]. The molecule has 0 aliphatic carbocycles. The molecule has 0 aromatic heterocycles. The minimum atomic E-state index is -4.34. The van der Waals surface area contributed by atoms with E-state index in [9.17, 15) is 13.0 Å². The summed E-state index contributed by atoms with van der Waals surface area (Å²) >= 11 is 0. The molecule has 0 spiro atoms. The summed E-state index contributed by atoms with van der Waals surface area (Å²) < 4.78 is 31.9. The van der Waals surface area contributed by atoms with E-state index in [1.54, 1.807) is 31.1 Å². The minimum absolute atomic E-state index is 0. The molecule has 0 unspecified atom stereocenters. The third-order valence-electron chi connectivity index (χ3n) is 1.62. The van der Waals surface area contributed by atoms with Crippen LogP contribution in [-0.2, 0) is 10.1 Å². The van der Waals surface area contributed by atoms with E-state index in [0.717, 1.165) is 0 Å². The standard InChI is InChI=1S/C8H11NO3S.Na/c1-9(2)7-4-3-5-8(6-7)13(10,11)12;/h3-6H,1-2H3,(H,10,11,12);/q;+1/p-1. The molecule has 0 saturated heterocycles. The summed E-state index contributed by atoms with van der Waals surface area (Å²) in [5, 5.41) is 0. The van der Waals surface area contributed by atoms with Crippen LogP contribution in [0.4, 0.5) is 5.69 Å². The Hall–Kier alpha value is -0.0700. The van der Waals surface area contributed by atoms with Gasteiger partial charge in [0.15, 0.2) is 0 Å². The second kappa shape index (κ2) is 5.14. The second-order valence-corrected chi connectivity index (χ2v) is 4.23. The van der Waals surface area contributed by atoms with Crippen LogP contribution >= 0.6 is 0 Å². The number of hydrogen-bond donors (Lipinski definition) is 0. The molecule has 0 radical (unpaired) electrons. The van der Waals surface area contributed by atoms with Crippen molar-refractivity contribution >= 4 is 15.8 Å². The van der Waals surface area contributed by atoms with Crippen molar-refractivity contribution in [3.63, 3.8) is 0 Å². The first-order valence-corrected chi connectivity index (χ1v) is 5.05. The number of anilines is 1. The fourth-order valence-corrected chi connectivity index (χ4v) is 1.43. The van der Waals surface area contributed by atoms with Gasteiger partial charge in [-0.15, -0.1) is 0 Å². The zero-order valence-corrected chi connectivity index (χ0v) is 11.2. The quantitative estimate of drug-likeness (QED) is 0.416. The predicted molar refractivity (Wildman–Crippen MR) is 48.7 cm³/mol. The average molecular weight is 223 g/mol. The van der Waals surface area contributed by atoms with E-state index in [4.69, 9.17) is 0 Å². The van der Waals surface area contributed by atoms with Crippen molar-refractivity contribution in [2.24, 2.45) is 0 Å². The largest absolute Gasteiger partial charge is 1.00 e. The van der Waals surface area contributed by atoms with Gasteiger partial charge in [-0.2, -0.15) is 0 Å². The maximum atomic E-state index is 10.6. The van der Waals surface area contributed by atoms with Crippen LogP contribution in [0.15, 0.2) is 29.2 Å². The van der Waals surface area contributed by atoms with E-state index in [-0.39, 0.29) is 34.5 Å². The Kier molecular flexibility index (Phi) is 5.11. The number of rotatable bonds is 2. The van der Waals surface area contributed by atoms with E-state index < -0.39 is 10.1 Å². The zero-order valence-electron chi connectivity index (χ0n) is 8.39. The fraction of sp³-hybridized carbons (Fsp3) is 0.250. The van der Waals surface area contributed by atoms with Crippen LogP contribution < -0.4 is 34.5 Å². The van der Waals surface area contributed by atoms with Gasteiger partial charge < -0.3 is 9.45 Å². The number of benzene rings is 1. The third kappa shape index (κ3) is 3.59. The predicted octanol–water partition coefficient (Wildman–Crippen LogP) is -2.34. The third-order valence-corrected chi connectivity index (χ3v) is 2.45. The van der Waals surface area contributed by atoms with E-state index in [2.05, 4.69) is 0 Å². The Morgan fingerprint density at radius 1 is 1.29 bits per heavy atom. The topological polar surface area (TPSA) is 60.4 Å². The smallest absolute Gasteiger partial charge is 0.744 e. The van der Waals surface area contributed by atoms with Gasteiger partial charge in [-0.25, -0.2) is 8.42 Å². The molecular weight excluding hydrogens is 213 g/mol. The summed E-state index contributed by atoms with van der Waals surface area (Å²) in [6.07, 6.45) is 0. The molecule has 1 aromatic rings. The molecule has 0 amide bonds. The molecule has 4 nitrogen and oxygen atoms in total. The Morgan fingerprint density at radius 3 is 2.29 bits per heavy atom. The Balaban J connectivity index is 0.00000169. The van der Waals surface area contributed by atoms with Crippen LogP contribution in [0.1, 0.15) is 0 Å². The van der Waals surface area contributed by atoms with Crippen LogP contribution in [0.3, 0.4) is 0 Å². The van der Waals surface area contributed by atoms with Gasteiger partial charge in [0.1, 0.15) is 10.1 Å². The van der Waals surface area contributed by atoms with E-state index in [1.165, 1.54) is 12.1 Å². The van der Waals surface area contributed by atoms with Crippen LogP contribution in [0, 0.1) is 0 Å². The maximum absolute atomic E-state index is 10.6. The normalized spacial score (nSPS) is 10.5. The molecule has 72 valence electrons. The van der Waals surface area contributed by atoms with Gasteiger partial charge in [-0.1, -0.05) is 6.07 Å². The first kappa shape index (κ1) is 13.9. The van der Waals surface area contributed by atoms with Gasteiger partial charge in [0.05, 0.1) is 4.90 Å². The van der Waals surface area contributed by atoms with Gasteiger partial charge in [0.25, 0.3) is 0 Å². The van der Waals surface area contributed by atoms with Crippen molar-refractivity contribution in [2.45, 2.75) is 4.90 Å². The van der Waals surface area contributed by atoms with Gasteiger partial charge in [0.2, 0.25) is 0 Å². The van der Waals surface area contributed by atoms with Gasteiger partial charge in [-0.3, -0.25) is 0 Å². The van der Waals surface area contributed by atoms with Crippen molar-refractivity contribution in [2.75, 3.05) is 19.0 Å². The summed E-state index contributed by atoms with van der Waals surface area (Å²) in [5.74, 6) is 0. The van der Waals surface area contributed by atoms with E-state index in [0.29, 0.717) is 5.69 Å². The van der Waals surface area contributed by atoms with Crippen molar-refractivity contribution in [1.82, 2.24) is 0 Å². The Morgan fingerprint density at radius 2 is 1.86 bits per heavy atom. The molecule has 0 heterocycles.